The smallest absolute Gasteiger partial charge is 0.306 e. The number of hydrogen-bond donors (Lipinski definition) is 0. The fourth-order valence-corrected chi connectivity index (χ4v) is 9.10. The molecule has 0 aromatic rings. The lowest BCUT2D eigenvalue weighted by molar-refractivity contribution is -0.167. The fraction of sp³-hybridized carbons (Fsp3) is 0.831. The van der Waals surface area contributed by atoms with Crippen LogP contribution in [-0.4, -0.2) is 37.2 Å². The van der Waals surface area contributed by atoms with E-state index in [0.29, 0.717) is 19.3 Å². The van der Waals surface area contributed by atoms with Crippen molar-refractivity contribution in [2.75, 3.05) is 13.2 Å². The van der Waals surface area contributed by atoms with Gasteiger partial charge in [-0.2, -0.15) is 0 Å². The third-order valence-corrected chi connectivity index (χ3v) is 13.8. The van der Waals surface area contributed by atoms with E-state index in [1.54, 1.807) is 0 Å². The molecular formula is C65H118O6. The summed E-state index contributed by atoms with van der Waals surface area (Å²) in [6.45, 7) is 6.54. The predicted molar refractivity (Wildman–Crippen MR) is 307 cm³/mol. The van der Waals surface area contributed by atoms with Crippen molar-refractivity contribution in [1.29, 1.82) is 0 Å². The van der Waals surface area contributed by atoms with Crippen LogP contribution in [0.25, 0.3) is 0 Å². The third-order valence-electron chi connectivity index (χ3n) is 13.8. The molecule has 0 fully saturated rings. The van der Waals surface area contributed by atoms with Crippen LogP contribution in [0.15, 0.2) is 48.6 Å². The zero-order valence-corrected chi connectivity index (χ0v) is 47.5. The molecule has 0 aromatic carbocycles. The molecule has 0 saturated carbocycles. The molecule has 0 amide bonds. The monoisotopic (exact) mass is 995 g/mol. The molecule has 0 aliphatic rings. The molecule has 6 nitrogen and oxygen atoms in total. The molecule has 0 aliphatic carbocycles. The highest BCUT2D eigenvalue weighted by molar-refractivity contribution is 5.71. The number of unbranched alkanes of at least 4 members (excludes halogenated alkanes) is 38. The van der Waals surface area contributed by atoms with Gasteiger partial charge in [0.2, 0.25) is 0 Å². The van der Waals surface area contributed by atoms with Crippen molar-refractivity contribution in [3.05, 3.63) is 48.6 Å². The molecule has 0 bridgehead atoms. The van der Waals surface area contributed by atoms with E-state index in [1.807, 2.05) is 0 Å². The average Bonchev–Trinajstić information content (AvgIpc) is 3.37. The minimum Gasteiger partial charge on any atom is -0.462 e. The van der Waals surface area contributed by atoms with Crippen LogP contribution < -0.4 is 0 Å². The van der Waals surface area contributed by atoms with Gasteiger partial charge < -0.3 is 14.2 Å². The standard InChI is InChI=1S/C65H118O6/c1-4-7-10-13-16-18-20-22-23-24-25-26-27-28-29-30-31-32-33-34-35-36-37-38-39-40-41-43-44-46-49-52-55-58-64(67)70-61-62(60-69-63(66)57-54-51-48-15-12-9-6-3)71-65(68)59-56-53-50-47-45-42-21-19-17-14-11-8-5-2/h11,14,19-22,24-25,62H,4-10,12-13,15-18,23,26-61H2,1-3H3/b14-11-,21-19-,22-20-,25-24-. The Labute approximate surface area is 441 Å². The molecule has 414 valence electrons. The van der Waals surface area contributed by atoms with Crippen LogP contribution in [0.1, 0.15) is 329 Å². The van der Waals surface area contributed by atoms with Gasteiger partial charge in [0.25, 0.3) is 0 Å². The highest BCUT2D eigenvalue weighted by atomic mass is 16.6. The molecule has 0 radical (unpaired) electrons. The van der Waals surface area contributed by atoms with Crippen LogP contribution in [0.3, 0.4) is 0 Å². The SMILES string of the molecule is CCC/C=C\C/C=C\CCCCCCCC(=O)OC(COC(=O)CCCCCCCCC)COC(=O)CCCCCCCCCCCCCCCCCCCCCCC/C=C\C/C=C\CCCCCCC. The zero-order chi connectivity index (χ0) is 51.4. The van der Waals surface area contributed by atoms with Gasteiger partial charge in [0, 0.05) is 19.3 Å². The van der Waals surface area contributed by atoms with Gasteiger partial charge in [-0.1, -0.05) is 281 Å². The summed E-state index contributed by atoms with van der Waals surface area (Å²) in [6.07, 6.45) is 74.5. The van der Waals surface area contributed by atoms with Crippen LogP contribution in [0.4, 0.5) is 0 Å². The van der Waals surface area contributed by atoms with Gasteiger partial charge >= 0.3 is 17.9 Å². The maximum Gasteiger partial charge on any atom is 0.306 e. The summed E-state index contributed by atoms with van der Waals surface area (Å²) in [5.41, 5.74) is 0. The normalized spacial score (nSPS) is 12.3. The van der Waals surface area contributed by atoms with Gasteiger partial charge in [-0.3, -0.25) is 14.4 Å². The average molecular weight is 996 g/mol. The molecule has 0 saturated heterocycles. The zero-order valence-electron chi connectivity index (χ0n) is 47.5. The largest absolute Gasteiger partial charge is 0.462 e. The van der Waals surface area contributed by atoms with E-state index in [2.05, 4.69) is 69.4 Å². The Morgan fingerprint density at radius 1 is 0.282 bits per heavy atom. The number of rotatable bonds is 57. The maximum absolute atomic E-state index is 12.8. The molecule has 0 N–H and O–H groups in total. The Hall–Kier alpha value is -2.63. The second-order valence-electron chi connectivity index (χ2n) is 21.0. The second kappa shape index (κ2) is 59.9. The minimum absolute atomic E-state index is 0.0750. The molecule has 0 rings (SSSR count). The van der Waals surface area contributed by atoms with Crippen LogP contribution in [0.5, 0.6) is 0 Å². The van der Waals surface area contributed by atoms with E-state index in [1.165, 1.54) is 193 Å². The number of esters is 3. The number of ether oxygens (including phenoxy) is 3. The van der Waals surface area contributed by atoms with Crippen LogP contribution in [0.2, 0.25) is 0 Å². The van der Waals surface area contributed by atoms with Crippen molar-refractivity contribution in [3.63, 3.8) is 0 Å². The minimum atomic E-state index is -0.774. The Kier molecular flexibility index (Phi) is 57.7. The van der Waals surface area contributed by atoms with Crippen molar-refractivity contribution in [3.8, 4) is 0 Å². The number of carbonyl (C=O) groups is 3. The van der Waals surface area contributed by atoms with E-state index in [-0.39, 0.29) is 31.1 Å². The molecule has 1 unspecified atom stereocenters. The molecule has 1 atom stereocenters. The first-order valence-electron chi connectivity index (χ1n) is 31.1. The van der Waals surface area contributed by atoms with Crippen molar-refractivity contribution < 1.29 is 28.6 Å². The van der Waals surface area contributed by atoms with Crippen LogP contribution >= 0.6 is 0 Å². The Balaban J connectivity index is 3.94. The van der Waals surface area contributed by atoms with Crippen molar-refractivity contribution in [2.45, 2.75) is 335 Å². The first-order valence-corrected chi connectivity index (χ1v) is 31.1. The summed E-state index contributed by atoms with van der Waals surface area (Å²) >= 11 is 0. The summed E-state index contributed by atoms with van der Waals surface area (Å²) in [7, 11) is 0. The van der Waals surface area contributed by atoms with Crippen LogP contribution in [0, 0.1) is 0 Å². The summed E-state index contributed by atoms with van der Waals surface area (Å²) in [6, 6.07) is 0. The summed E-state index contributed by atoms with van der Waals surface area (Å²) in [4.78, 5) is 37.9. The molecule has 0 aliphatic heterocycles. The highest BCUT2D eigenvalue weighted by Crippen LogP contribution is 2.17. The van der Waals surface area contributed by atoms with Gasteiger partial charge in [0.1, 0.15) is 13.2 Å². The van der Waals surface area contributed by atoms with E-state index in [9.17, 15) is 14.4 Å². The second-order valence-corrected chi connectivity index (χ2v) is 21.0. The van der Waals surface area contributed by atoms with Crippen molar-refractivity contribution >= 4 is 17.9 Å². The quantitative estimate of drug-likeness (QED) is 0.0261. The lowest BCUT2D eigenvalue weighted by Gasteiger charge is -2.18. The van der Waals surface area contributed by atoms with E-state index >= 15 is 0 Å². The highest BCUT2D eigenvalue weighted by Gasteiger charge is 2.19. The van der Waals surface area contributed by atoms with Crippen molar-refractivity contribution in [2.24, 2.45) is 0 Å². The lowest BCUT2D eigenvalue weighted by atomic mass is 10.0. The lowest BCUT2D eigenvalue weighted by Crippen LogP contribution is -2.30. The summed E-state index contributed by atoms with van der Waals surface area (Å²) in [5, 5.41) is 0. The molecule has 0 spiro atoms. The third kappa shape index (κ3) is 58.1. The molecule has 0 aromatic heterocycles. The summed E-state index contributed by atoms with van der Waals surface area (Å²) < 4.78 is 16.8. The van der Waals surface area contributed by atoms with E-state index in [4.69, 9.17) is 14.2 Å². The Morgan fingerprint density at radius 2 is 0.535 bits per heavy atom. The van der Waals surface area contributed by atoms with Gasteiger partial charge in [-0.05, 0) is 77.0 Å². The fourth-order valence-electron chi connectivity index (χ4n) is 9.10. The van der Waals surface area contributed by atoms with Gasteiger partial charge in [0.05, 0.1) is 0 Å². The molecule has 0 heterocycles. The van der Waals surface area contributed by atoms with Gasteiger partial charge in [0.15, 0.2) is 6.10 Å². The molecule has 71 heavy (non-hydrogen) atoms. The molecular weight excluding hydrogens is 877 g/mol. The Morgan fingerprint density at radius 3 is 0.831 bits per heavy atom. The topological polar surface area (TPSA) is 78.9 Å². The summed E-state index contributed by atoms with van der Waals surface area (Å²) in [5.74, 6) is -0.883. The van der Waals surface area contributed by atoms with Gasteiger partial charge in [-0.25, -0.2) is 0 Å². The Bertz CT molecular complexity index is 1230. The first-order chi connectivity index (χ1) is 35.0. The molecule has 6 heteroatoms. The van der Waals surface area contributed by atoms with Gasteiger partial charge in [-0.15, -0.1) is 0 Å². The van der Waals surface area contributed by atoms with Crippen molar-refractivity contribution in [1.82, 2.24) is 0 Å². The van der Waals surface area contributed by atoms with E-state index < -0.39 is 6.10 Å². The van der Waals surface area contributed by atoms with E-state index in [0.717, 1.165) is 96.3 Å². The first kappa shape index (κ1) is 68.4. The number of allylic oxidation sites excluding steroid dienone is 8. The number of hydrogen-bond acceptors (Lipinski definition) is 6. The van der Waals surface area contributed by atoms with Crippen LogP contribution in [-0.2, 0) is 28.6 Å². The predicted octanol–water partition coefficient (Wildman–Crippen LogP) is 21.0. The number of carbonyl (C=O) groups excluding carboxylic acids is 3. The maximum atomic E-state index is 12.8.